The molecule has 2 heteroatoms. The number of nitrogens with one attached hydrogen (secondary N) is 1. The predicted molar refractivity (Wildman–Crippen MR) is 73.5 cm³/mol. The zero-order valence-electron chi connectivity index (χ0n) is 11.0. The third-order valence-corrected chi connectivity index (χ3v) is 4.30. The lowest BCUT2D eigenvalue weighted by atomic mass is 9.88. The lowest BCUT2D eigenvalue weighted by Crippen LogP contribution is -2.58. The van der Waals surface area contributed by atoms with Crippen LogP contribution in [-0.4, -0.2) is 18.4 Å². The number of ether oxygens (including phenoxy) is 1. The first-order valence-corrected chi connectivity index (χ1v) is 7.32. The van der Waals surface area contributed by atoms with Crippen LogP contribution >= 0.6 is 0 Å². The summed E-state index contributed by atoms with van der Waals surface area (Å²) >= 11 is 0. The van der Waals surface area contributed by atoms with Gasteiger partial charge in [-0.25, -0.2) is 0 Å². The molecule has 1 atom stereocenters. The van der Waals surface area contributed by atoms with E-state index in [1.807, 2.05) is 0 Å². The number of benzene rings is 1. The van der Waals surface area contributed by atoms with Gasteiger partial charge in [0.1, 0.15) is 5.72 Å². The van der Waals surface area contributed by atoms with Gasteiger partial charge in [-0.05, 0) is 44.1 Å². The third kappa shape index (κ3) is 2.76. The summed E-state index contributed by atoms with van der Waals surface area (Å²) in [4.78, 5) is 0. The topological polar surface area (TPSA) is 21.3 Å². The van der Waals surface area contributed by atoms with Gasteiger partial charge < -0.3 is 4.74 Å². The Labute approximate surface area is 110 Å². The van der Waals surface area contributed by atoms with Gasteiger partial charge in [-0.3, -0.25) is 5.32 Å². The highest BCUT2D eigenvalue weighted by Gasteiger charge is 2.37. The van der Waals surface area contributed by atoms with Crippen LogP contribution in [0.15, 0.2) is 30.3 Å². The summed E-state index contributed by atoms with van der Waals surface area (Å²) in [5.41, 5.74) is 1.44. The van der Waals surface area contributed by atoms with Crippen LogP contribution in [0, 0.1) is 0 Å². The molecule has 3 rings (SSSR count). The molecule has 1 heterocycles. The molecule has 2 aliphatic rings. The average molecular weight is 245 g/mol. The number of hydrogen-bond donors (Lipinski definition) is 1. The summed E-state index contributed by atoms with van der Waals surface area (Å²) in [6.45, 7) is 0.921. The maximum Gasteiger partial charge on any atom is 0.119 e. The molecule has 18 heavy (non-hydrogen) atoms. The van der Waals surface area contributed by atoms with E-state index >= 15 is 0 Å². The van der Waals surface area contributed by atoms with Gasteiger partial charge >= 0.3 is 0 Å². The van der Waals surface area contributed by atoms with E-state index in [4.69, 9.17) is 4.74 Å². The molecule has 0 amide bonds. The molecule has 0 aromatic heterocycles. The lowest BCUT2D eigenvalue weighted by Gasteiger charge is -2.44. The highest BCUT2D eigenvalue weighted by Crippen LogP contribution is 2.32. The van der Waals surface area contributed by atoms with Crippen LogP contribution in [0.3, 0.4) is 0 Å². The van der Waals surface area contributed by atoms with E-state index in [9.17, 15) is 0 Å². The summed E-state index contributed by atoms with van der Waals surface area (Å²) in [5, 5.41) is 3.80. The van der Waals surface area contributed by atoms with Gasteiger partial charge in [0.05, 0.1) is 6.61 Å². The Morgan fingerprint density at radius 3 is 2.67 bits per heavy atom. The fourth-order valence-electron chi connectivity index (χ4n) is 3.35. The van der Waals surface area contributed by atoms with Crippen molar-refractivity contribution in [3.05, 3.63) is 35.9 Å². The van der Waals surface area contributed by atoms with E-state index < -0.39 is 0 Å². The van der Waals surface area contributed by atoms with Crippen molar-refractivity contribution >= 4 is 0 Å². The second-order valence-corrected chi connectivity index (χ2v) is 5.72. The molecule has 0 bridgehead atoms. The van der Waals surface area contributed by atoms with Gasteiger partial charge in [-0.1, -0.05) is 36.8 Å². The first-order valence-electron chi connectivity index (χ1n) is 7.32. The van der Waals surface area contributed by atoms with Crippen molar-refractivity contribution in [3.63, 3.8) is 0 Å². The first-order chi connectivity index (χ1) is 8.86. The second kappa shape index (κ2) is 5.41. The van der Waals surface area contributed by atoms with E-state index in [1.165, 1.54) is 37.7 Å². The molecule has 1 spiro atoms. The van der Waals surface area contributed by atoms with Crippen molar-refractivity contribution in [1.82, 2.24) is 5.32 Å². The monoisotopic (exact) mass is 245 g/mol. The van der Waals surface area contributed by atoms with Gasteiger partial charge in [0.25, 0.3) is 0 Å². The van der Waals surface area contributed by atoms with Gasteiger partial charge in [0.15, 0.2) is 0 Å². The minimum atomic E-state index is 0.00987. The molecule has 1 aromatic carbocycles. The molecule has 98 valence electrons. The van der Waals surface area contributed by atoms with Crippen LogP contribution in [0.4, 0.5) is 0 Å². The van der Waals surface area contributed by atoms with Crippen LogP contribution in [-0.2, 0) is 11.2 Å². The average Bonchev–Trinajstić information content (AvgIpc) is 2.41. The van der Waals surface area contributed by atoms with E-state index in [1.54, 1.807) is 0 Å². The number of hydrogen-bond acceptors (Lipinski definition) is 2. The Hall–Kier alpha value is -0.860. The molecular weight excluding hydrogens is 222 g/mol. The van der Waals surface area contributed by atoms with Crippen molar-refractivity contribution in [3.8, 4) is 0 Å². The van der Waals surface area contributed by atoms with Gasteiger partial charge in [0.2, 0.25) is 0 Å². The Morgan fingerprint density at radius 1 is 1.11 bits per heavy atom. The maximum absolute atomic E-state index is 6.06. The standard InChI is InChI=1S/C16H23NO/c1-3-7-14(8-4-1)13-15-9-12-18-16(17-15)10-5-2-6-11-16/h1,3-4,7-8,15,17H,2,5-6,9-13H2. The van der Waals surface area contributed by atoms with Crippen LogP contribution < -0.4 is 5.32 Å². The third-order valence-electron chi connectivity index (χ3n) is 4.30. The zero-order valence-corrected chi connectivity index (χ0v) is 11.0. The Kier molecular flexibility index (Phi) is 3.67. The SMILES string of the molecule is c1ccc(CC2CCOC3(CCCCC3)N2)cc1. The Bertz CT molecular complexity index is 364. The molecule has 2 fully saturated rings. The van der Waals surface area contributed by atoms with E-state index in [-0.39, 0.29) is 5.72 Å². The minimum absolute atomic E-state index is 0.00987. The van der Waals surface area contributed by atoms with Gasteiger partial charge in [0, 0.05) is 6.04 Å². The molecule has 1 N–H and O–H groups in total. The maximum atomic E-state index is 6.06. The molecule has 1 unspecified atom stereocenters. The molecule has 1 saturated carbocycles. The first kappa shape index (κ1) is 12.2. The fourth-order valence-corrected chi connectivity index (χ4v) is 3.35. The molecule has 1 saturated heterocycles. The molecule has 1 aliphatic heterocycles. The van der Waals surface area contributed by atoms with Crippen LogP contribution in [0.2, 0.25) is 0 Å². The lowest BCUT2D eigenvalue weighted by molar-refractivity contribution is -0.130. The summed E-state index contributed by atoms with van der Waals surface area (Å²) in [6, 6.07) is 11.4. The summed E-state index contributed by atoms with van der Waals surface area (Å²) in [7, 11) is 0. The van der Waals surface area contributed by atoms with E-state index in [0.29, 0.717) is 6.04 Å². The van der Waals surface area contributed by atoms with E-state index in [2.05, 4.69) is 35.6 Å². The van der Waals surface area contributed by atoms with Crippen molar-refractivity contribution < 1.29 is 4.74 Å². The molecular formula is C16H23NO. The largest absolute Gasteiger partial charge is 0.361 e. The second-order valence-electron chi connectivity index (χ2n) is 5.72. The quantitative estimate of drug-likeness (QED) is 0.863. The van der Waals surface area contributed by atoms with Crippen LogP contribution in [0.25, 0.3) is 0 Å². The van der Waals surface area contributed by atoms with Crippen LogP contribution in [0.1, 0.15) is 44.1 Å². The normalized spacial score (nSPS) is 27.2. The molecule has 2 nitrogen and oxygen atoms in total. The molecule has 1 aromatic rings. The zero-order chi connectivity index (χ0) is 12.3. The molecule has 0 radical (unpaired) electrons. The highest BCUT2D eigenvalue weighted by atomic mass is 16.5. The van der Waals surface area contributed by atoms with E-state index in [0.717, 1.165) is 19.4 Å². The van der Waals surface area contributed by atoms with Crippen LogP contribution in [0.5, 0.6) is 0 Å². The predicted octanol–water partition coefficient (Wildman–Crippen LogP) is 3.27. The number of rotatable bonds is 2. The fraction of sp³-hybridized carbons (Fsp3) is 0.625. The van der Waals surface area contributed by atoms with Crippen molar-refractivity contribution in [2.45, 2.75) is 56.7 Å². The minimum Gasteiger partial charge on any atom is -0.361 e. The smallest absolute Gasteiger partial charge is 0.119 e. The Morgan fingerprint density at radius 2 is 1.89 bits per heavy atom. The summed E-state index contributed by atoms with van der Waals surface area (Å²) in [6.07, 6.45) is 8.64. The highest BCUT2D eigenvalue weighted by molar-refractivity contribution is 5.16. The summed E-state index contributed by atoms with van der Waals surface area (Å²) in [5.74, 6) is 0. The van der Waals surface area contributed by atoms with Crippen molar-refractivity contribution in [2.75, 3.05) is 6.61 Å². The Balaban J connectivity index is 1.63. The van der Waals surface area contributed by atoms with Crippen molar-refractivity contribution in [1.29, 1.82) is 0 Å². The van der Waals surface area contributed by atoms with Gasteiger partial charge in [-0.2, -0.15) is 0 Å². The molecule has 1 aliphatic carbocycles. The van der Waals surface area contributed by atoms with Crippen molar-refractivity contribution in [2.24, 2.45) is 0 Å². The summed E-state index contributed by atoms with van der Waals surface area (Å²) < 4.78 is 6.06. The van der Waals surface area contributed by atoms with Gasteiger partial charge in [-0.15, -0.1) is 0 Å².